The van der Waals surface area contributed by atoms with Gasteiger partial charge in [-0.25, -0.2) is 9.78 Å². The molecule has 24 heavy (non-hydrogen) atoms. The number of aryl methyl sites for hydroxylation is 1. The minimum Gasteiger partial charge on any atom is -0.477 e. The Morgan fingerprint density at radius 3 is 2.71 bits per heavy atom. The van der Waals surface area contributed by atoms with Crippen LogP contribution < -0.4 is 0 Å². The van der Waals surface area contributed by atoms with E-state index in [2.05, 4.69) is 15.2 Å². The number of aromatic amines is 1. The molecule has 8 heteroatoms. The van der Waals surface area contributed by atoms with Crippen molar-refractivity contribution >= 4 is 35.6 Å². The van der Waals surface area contributed by atoms with E-state index in [1.54, 1.807) is 13.0 Å². The van der Waals surface area contributed by atoms with Crippen LogP contribution in [-0.4, -0.2) is 26.3 Å². The van der Waals surface area contributed by atoms with Crippen molar-refractivity contribution in [3.63, 3.8) is 0 Å². The van der Waals surface area contributed by atoms with Crippen LogP contribution in [0.4, 0.5) is 0 Å². The number of thioether (sulfide) groups is 1. The van der Waals surface area contributed by atoms with Gasteiger partial charge in [0.1, 0.15) is 16.5 Å². The van der Waals surface area contributed by atoms with Crippen molar-refractivity contribution in [1.29, 1.82) is 0 Å². The Morgan fingerprint density at radius 2 is 2.04 bits per heavy atom. The maximum absolute atomic E-state index is 11.4. The summed E-state index contributed by atoms with van der Waals surface area (Å²) in [4.78, 5) is 16.6. The van der Waals surface area contributed by atoms with Gasteiger partial charge in [0, 0.05) is 11.0 Å². The SMILES string of the molecule is Cc1nc(S/C(=C\c2ccc(Sc3ccccc3)o2)C(=O)O)n[nH]1. The first-order chi connectivity index (χ1) is 11.6. The number of aliphatic carboxylic acids is 1. The summed E-state index contributed by atoms with van der Waals surface area (Å²) in [5.41, 5.74) is 0. The smallest absolute Gasteiger partial charge is 0.342 e. The van der Waals surface area contributed by atoms with Crippen LogP contribution in [-0.2, 0) is 4.79 Å². The van der Waals surface area contributed by atoms with Gasteiger partial charge in [0.15, 0.2) is 5.09 Å². The second-order valence-electron chi connectivity index (χ2n) is 4.69. The molecule has 0 amide bonds. The second kappa shape index (κ2) is 7.41. The van der Waals surface area contributed by atoms with Crippen LogP contribution in [0.2, 0.25) is 0 Å². The van der Waals surface area contributed by atoms with Gasteiger partial charge in [-0.2, -0.15) is 0 Å². The number of hydrogen-bond acceptors (Lipinski definition) is 6. The molecule has 0 aliphatic rings. The molecule has 1 aromatic carbocycles. The van der Waals surface area contributed by atoms with Crippen LogP contribution in [0, 0.1) is 6.92 Å². The van der Waals surface area contributed by atoms with Crippen LogP contribution in [0.3, 0.4) is 0 Å². The number of H-pyrrole nitrogens is 1. The molecule has 0 fully saturated rings. The van der Waals surface area contributed by atoms with Crippen molar-refractivity contribution in [3.8, 4) is 0 Å². The molecule has 0 aliphatic heterocycles. The first-order valence-electron chi connectivity index (χ1n) is 6.95. The Morgan fingerprint density at radius 1 is 1.25 bits per heavy atom. The molecule has 3 aromatic rings. The molecule has 0 unspecified atom stereocenters. The summed E-state index contributed by atoms with van der Waals surface area (Å²) >= 11 is 2.44. The fourth-order valence-corrected chi connectivity index (χ4v) is 3.33. The summed E-state index contributed by atoms with van der Waals surface area (Å²) in [7, 11) is 0. The van der Waals surface area contributed by atoms with E-state index in [1.807, 2.05) is 36.4 Å². The molecule has 122 valence electrons. The first kappa shape index (κ1) is 16.4. The molecule has 2 aromatic heterocycles. The Kier molecular flexibility index (Phi) is 5.07. The van der Waals surface area contributed by atoms with Gasteiger partial charge in [-0.1, -0.05) is 30.0 Å². The average molecular weight is 359 g/mol. The largest absolute Gasteiger partial charge is 0.477 e. The minimum absolute atomic E-state index is 0.0830. The highest BCUT2D eigenvalue weighted by Crippen LogP contribution is 2.31. The lowest BCUT2D eigenvalue weighted by atomic mass is 10.4. The zero-order chi connectivity index (χ0) is 16.9. The summed E-state index contributed by atoms with van der Waals surface area (Å²) in [5.74, 6) is 0.0310. The standard InChI is InChI=1S/C16H13N3O3S2/c1-10-17-16(19-18-10)24-13(15(20)21)9-11-7-8-14(22-11)23-12-5-3-2-4-6-12/h2-9H,1H3,(H,20,21)(H,17,18,19)/b13-9-. The first-order valence-corrected chi connectivity index (χ1v) is 8.58. The minimum atomic E-state index is -1.06. The topological polar surface area (TPSA) is 92.0 Å². The Balaban J connectivity index is 1.76. The van der Waals surface area contributed by atoms with Crippen LogP contribution in [0.25, 0.3) is 6.08 Å². The normalized spacial score (nSPS) is 11.6. The molecule has 3 rings (SSSR count). The molecular formula is C16H13N3O3S2. The maximum Gasteiger partial charge on any atom is 0.342 e. The molecule has 0 bridgehead atoms. The number of carboxylic acids is 1. The number of carboxylic acid groups (broad SMARTS) is 1. The quantitative estimate of drug-likeness (QED) is 0.506. The van der Waals surface area contributed by atoms with Crippen molar-refractivity contribution in [2.45, 2.75) is 22.1 Å². The molecule has 0 aliphatic carbocycles. The molecule has 2 heterocycles. The van der Waals surface area contributed by atoms with E-state index in [-0.39, 0.29) is 4.91 Å². The van der Waals surface area contributed by atoms with Crippen molar-refractivity contribution < 1.29 is 14.3 Å². The van der Waals surface area contributed by atoms with Crippen molar-refractivity contribution in [2.24, 2.45) is 0 Å². The number of nitrogens with one attached hydrogen (secondary N) is 1. The highest BCUT2D eigenvalue weighted by Gasteiger charge is 2.14. The molecule has 6 nitrogen and oxygen atoms in total. The third-order valence-electron chi connectivity index (χ3n) is 2.83. The summed E-state index contributed by atoms with van der Waals surface area (Å²) in [6.45, 7) is 1.75. The van der Waals surface area contributed by atoms with E-state index in [1.165, 1.54) is 17.8 Å². The number of carbonyl (C=O) groups is 1. The monoisotopic (exact) mass is 359 g/mol. The highest BCUT2D eigenvalue weighted by atomic mass is 32.2. The van der Waals surface area contributed by atoms with Crippen molar-refractivity contribution in [1.82, 2.24) is 15.2 Å². The predicted molar refractivity (Wildman–Crippen MR) is 91.9 cm³/mol. The predicted octanol–water partition coefficient (Wildman–Crippen LogP) is 4.08. The Bertz CT molecular complexity index is 872. The van der Waals surface area contributed by atoms with Gasteiger partial charge in [0.25, 0.3) is 0 Å². The van der Waals surface area contributed by atoms with Crippen LogP contribution in [0.1, 0.15) is 11.6 Å². The molecule has 0 saturated carbocycles. The highest BCUT2D eigenvalue weighted by molar-refractivity contribution is 8.04. The van der Waals surface area contributed by atoms with Gasteiger partial charge in [-0.05, 0) is 43.0 Å². The van der Waals surface area contributed by atoms with E-state index >= 15 is 0 Å². The molecular weight excluding hydrogens is 346 g/mol. The lowest BCUT2D eigenvalue weighted by Gasteiger charge is -1.98. The third kappa shape index (κ3) is 4.30. The summed E-state index contributed by atoms with van der Waals surface area (Å²) < 4.78 is 5.67. The maximum atomic E-state index is 11.4. The Hall–Kier alpha value is -2.45. The fraction of sp³-hybridized carbons (Fsp3) is 0.0625. The molecule has 2 N–H and O–H groups in total. The molecule has 0 spiro atoms. The summed E-state index contributed by atoms with van der Waals surface area (Å²) in [6.07, 6.45) is 1.47. The van der Waals surface area contributed by atoms with Gasteiger partial charge in [0.05, 0.1) is 0 Å². The summed E-state index contributed by atoms with van der Waals surface area (Å²) in [6, 6.07) is 13.3. The second-order valence-corrected chi connectivity index (χ2v) is 6.78. The number of aromatic nitrogens is 3. The van der Waals surface area contributed by atoms with E-state index in [9.17, 15) is 9.90 Å². The van der Waals surface area contributed by atoms with Gasteiger partial charge < -0.3 is 9.52 Å². The van der Waals surface area contributed by atoms with Crippen LogP contribution >= 0.6 is 23.5 Å². The number of rotatable bonds is 6. The van der Waals surface area contributed by atoms with Gasteiger partial charge in [-0.3, -0.25) is 5.10 Å². The lowest BCUT2D eigenvalue weighted by Crippen LogP contribution is -1.97. The Labute approximate surface area is 146 Å². The molecule has 0 radical (unpaired) electrons. The number of furan rings is 1. The van der Waals surface area contributed by atoms with Crippen LogP contribution in [0.15, 0.2) is 66.9 Å². The molecule has 0 saturated heterocycles. The zero-order valence-corrected chi connectivity index (χ0v) is 14.2. The van der Waals surface area contributed by atoms with Crippen molar-refractivity contribution in [3.05, 3.63) is 59.0 Å². The fourth-order valence-electron chi connectivity index (χ4n) is 1.80. The number of hydrogen-bond donors (Lipinski definition) is 2. The number of nitrogens with zero attached hydrogens (tertiary/aromatic N) is 2. The van der Waals surface area contributed by atoms with E-state index in [4.69, 9.17) is 4.42 Å². The average Bonchev–Trinajstić information content (AvgIpc) is 3.17. The summed E-state index contributed by atoms with van der Waals surface area (Å²) in [5, 5.41) is 17.0. The van der Waals surface area contributed by atoms with E-state index in [0.29, 0.717) is 21.8 Å². The number of benzene rings is 1. The molecule has 0 atom stereocenters. The third-order valence-corrected chi connectivity index (χ3v) is 4.63. The lowest BCUT2D eigenvalue weighted by molar-refractivity contribution is -0.131. The van der Waals surface area contributed by atoms with Crippen LogP contribution in [0.5, 0.6) is 0 Å². The van der Waals surface area contributed by atoms with Gasteiger partial charge in [0.2, 0.25) is 5.16 Å². The van der Waals surface area contributed by atoms with E-state index < -0.39 is 5.97 Å². The zero-order valence-electron chi connectivity index (χ0n) is 12.6. The van der Waals surface area contributed by atoms with Gasteiger partial charge in [-0.15, -0.1) is 5.10 Å². The van der Waals surface area contributed by atoms with Gasteiger partial charge >= 0.3 is 5.97 Å². The van der Waals surface area contributed by atoms with E-state index in [0.717, 1.165) is 16.7 Å². The van der Waals surface area contributed by atoms with Crippen molar-refractivity contribution in [2.75, 3.05) is 0 Å².